The van der Waals surface area contributed by atoms with Crippen molar-refractivity contribution >= 4 is 11.8 Å². The molecule has 0 aromatic heterocycles. The number of aliphatic imine (C=N–C) groups is 1. The zero-order valence-electron chi connectivity index (χ0n) is 9.62. The molecule has 1 amide bonds. The first kappa shape index (κ1) is 12.2. The maximum atomic E-state index is 11.4. The third kappa shape index (κ3) is 1.95. The summed E-state index contributed by atoms with van der Waals surface area (Å²) in [4.78, 5) is 15.5. The Morgan fingerprint density at radius 2 is 2.22 bits per heavy atom. The Morgan fingerprint density at radius 1 is 1.50 bits per heavy atom. The Hall–Kier alpha value is -2.28. The number of nitrogens with two attached hydrogens (primary N) is 1. The number of nitrogens with zero attached hydrogens (tertiary/aromatic N) is 1. The van der Waals surface area contributed by atoms with Gasteiger partial charge in [0.15, 0.2) is 17.5 Å². The van der Waals surface area contributed by atoms with E-state index in [9.17, 15) is 15.0 Å². The van der Waals surface area contributed by atoms with E-state index in [0.717, 1.165) is 0 Å². The molecule has 96 valence electrons. The highest BCUT2D eigenvalue weighted by Gasteiger charge is 2.34. The van der Waals surface area contributed by atoms with Crippen molar-refractivity contribution in [3.05, 3.63) is 23.8 Å². The molecule has 1 aliphatic rings. The van der Waals surface area contributed by atoms with Crippen molar-refractivity contribution in [1.29, 1.82) is 0 Å². The lowest BCUT2D eigenvalue weighted by Crippen LogP contribution is -2.41. The molecule has 18 heavy (non-hydrogen) atoms. The van der Waals surface area contributed by atoms with Crippen LogP contribution in [0.4, 0.5) is 0 Å². The Labute approximate surface area is 103 Å². The number of hydrogen-bond acceptors (Lipinski definition) is 6. The van der Waals surface area contributed by atoms with Crippen LogP contribution in [0.1, 0.15) is 12.5 Å². The number of para-hydroxylation sites is 1. The molecule has 2 atom stereocenters. The zero-order valence-corrected chi connectivity index (χ0v) is 9.62. The van der Waals surface area contributed by atoms with E-state index in [0.29, 0.717) is 0 Å². The zero-order chi connectivity index (χ0) is 13.3. The van der Waals surface area contributed by atoms with Crippen LogP contribution in [0.5, 0.6) is 11.5 Å². The van der Waals surface area contributed by atoms with Crippen LogP contribution in [0.25, 0.3) is 0 Å². The lowest BCUT2D eigenvalue weighted by molar-refractivity contribution is -0.123. The Kier molecular flexibility index (Phi) is 3.07. The molecule has 1 aromatic carbocycles. The van der Waals surface area contributed by atoms with E-state index in [4.69, 9.17) is 10.6 Å². The first-order chi connectivity index (χ1) is 8.54. The van der Waals surface area contributed by atoms with Crippen LogP contribution in [0.2, 0.25) is 0 Å². The summed E-state index contributed by atoms with van der Waals surface area (Å²) < 4.78 is 5.38. The van der Waals surface area contributed by atoms with Gasteiger partial charge in [-0.3, -0.25) is 10.2 Å². The minimum absolute atomic E-state index is 0.101. The quantitative estimate of drug-likeness (QED) is 0.247. The minimum Gasteiger partial charge on any atom is -0.504 e. The standard InChI is InChI=1S/C11H13N3O4/c1-5-8(10(17)14-12)13-11(18-5)6-3-2-4-7(15)9(6)16/h2-5,8,15-16H,12H2,1H3,(H,14,17)/t5?,8-/m1/s1. The van der Waals surface area contributed by atoms with Gasteiger partial charge in [0, 0.05) is 0 Å². The number of aromatic hydroxyl groups is 2. The normalized spacial score (nSPS) is 22.2. The predicted molar refractivity (Wildman–Crippen MR) is 63.0 cm³/mol. The van der Waals surface area contributed by atoms with E-state index in [1.54, 1.807) is 6.92 Å². The van der Waals surface area contributed by atoms with Crippen molar-refractivity contribution in [2.24, 2.45) is 10.8 Å². The Morgan fingerprint density at radius 3 is 2.89 bits per heavy atom. The summed E-state index contributed by atoms with van der Waals surface area (Å²) in [6.45, 7) is 1.66. The molecule has 7 nitrogen and oxygen atoms in total. The van der Waals surface area contributed by atoms with Crippen LogP contribution in [-0.2, 0) is 9.53 Å². The van der Waals surface area contributed by atoms with Crippen molar-refractivity contribution in [1.82, 2.24) is 5.43 Å². The highest BCUT2D eigenvalue weighted by molar-refractivity contribution is 6.01. The van der Waals surface area contributed by atoms with E-state index in [2.05, 4.69) is 4.99 Å². The molecule has 7 heteroatoms. The third-order valence-corrected chi connectivity index (χ3v) is 2.65. The van der Waals surface area contributed by atoms with E-state index in [-0.39, 0.29) is 23.0 Å². The van der Waals surface area contributed by atoms with Gasteiger partial charge in [0.1, 0.15) is 6.10 Å². The van der Waals surface area contributed by atoms with Crippen molar-refractivity contribution < 1.29 is 19.7 Å². The molecule has 0 saturated carbocycles. The van der Waals surface area contributed by atoms with E-state index >= 15 is 0 Å². The number of ether oxygens (including phenoxy) is 1. The van der Waals surface area contributed by atoms with Crippen molar-refractivity contribution in [3.63, 3.8) is 0 Å². The van der Waals surface area contributed by atoms with Crippen molar-refractivity contribution in [3.8, 4) is 11.5 Å². The number of nitrogens with one attached hydrogen (secondary N) is 1. The van der Waals surface area contributed by atoms with Crippen molar-refractivity contribution in [2.75, 3.05) is 0 Å². The van der Waals surface area contributed by atoms with Gasteiger partial charge in [-0.25, -0.2) is 10.8 Å². The number of carbonyl (C=O) groups is 1. The van der Waals surface area contributed by atoms with Gasteiger partial charge in [-0.05, 0) is 19.1 Å². The number of rotatable bonds is 2. The maximum absolute atomic E-state index is 11.4. The van der Waals surface area contributed by atoms with E-state index in [1.165, 1.54) is 18.2 Å². The second-order valence-electron chi connectivity index (χ2n) is 3.88. The molecular formula is C11H13N3O4. The Bertz CT molecular complexity index is 515. The highest BCUT2D eigenvalue weighted by Crippen LogP contribution is 2.31. The number of amides is 1. The lowest BCUT2D eigenvalue weighted by atomic mass is 10.2. The van der Waals surface area contributed by atoms with Gasteiger partial charge in [-0.15, -0.1) is 0 Å². The second kappa shape index (κ2) is 4.53. The van der Waals surface area contributed by atoms with Crippen LogP contribution in [0.15, 0.2) is 23.2 Å². The summed E-state index contributed by atoms with van der Waals surface area (Å²) in [5, 5.41) is 19.1. The maximum Gasteiger partial charge on any atom is 0.262 e. The van der Waals surface area contributed by atoms with Gasteiger partial charge in [0.25, 0.3) is 5.91 Å². The molecular weight excluding hydrogens is 238 g/mol. The minimum atomic E-state index is -0.772. The van der Waals surface area contributed by atoms with Gasteiger partial charge < -0.3 is 14.9 Å². The van der Waals surface area contributed by atoms with Gasteiger partial charge in [0.05, 0.1) is 5.56 Å². The van der Waals surface area contributed by atoms with Crippen LogP contribution >= 0.6 is 0 Å². The van der Waals surface area contributed by atoms with Gasteiger partial charge in [-0.2, -0.15) is 0 Å². The summed E-state index contributed by atoms with van der Waals surface area (Å²) in [5.74, 6) is 4.05. The smallest absolute Gasteiger partial charge is 0.262 e. The van der Waals surface area contributed by atoms with Crippen LogP contribution in [0, 0.1) is 0 Å². The lowest BCUT2D eigenvalue weighted by Gasteiger charge is -2.11. The van der Waals surface area contributed by atoms with Gasteiger partial charge in [0.2, 0.25) is 5.90 Å². The van der Waals surface area contributed by atoms with Crippen LogP contribution < -0.4 is 11.3 Å². The first-order valence-electron chi connectivity index (χ1n) is 5.31. The molecule has 5 N–H and O–H groups in total. The fourth-order valence-electron chi connectivity index (χ4n) is 1.70. The molecule has 0 fully saturated rings. The molecule has 1 unspecified atom stereocenters. The number of hydrazine groups is 1. The monoisotopic (exact) mass is 251 g/mol. The average Bonchev–Trinajstić information content (AvgIpc) is 2.73. The molecule has 0 aliphatic carbocycles. The molecule has 0 bridgehead atoms. The molecule has 0 saturated heterocycles. The second-order valence-corrected chi connectivity index (χ2v) is 3.88. The van der Waals surface area contributed by atoms with Crippen molar-refractivity contribution in [2.45, 2.75) is 19.1 Å². The average molecular weight is 251 g/mol. The predicted octanol–water partition coefficient (Wildman–Crippen LogP) is -0.378. The largest absolute Gasteiger partial charge is 0.504 e. The molecule has 1 aliphatic heterocycles. The number of phenols is 2. The molecule has 1 aromatic rings. The summed E-state index contributed by atoms with van der Waals surface area (Å²) in [5.41, 5.74) is 2.23. The SMILES string of the molecule is CC1OC(c2cccc(O)c2O)=N[C@H]1C(=O)NN. The van der Waals surface area contributed by atoms with E-state index in [1.807, 2.05) is 5.43 Å². The molecule has 2 rings (SSSR count). The topological polar surface area (TPSA) is 117 Å². The summed E-state index contributed by atoms with van der Waals surface area (Å²) in [7, 11) is 0. The van der Waals surface area contributed by atoms with E-state index < -0.39 is 18.1 Å². The summed E-state index contributed by atoms with van der Waals surface area (Å²) >= 11 is 0. The fraction of sp³-hybridized carbons (Fsp3) is 0.273. The highest BCUT2D eigenvalue weighted by atomic mass is 16.5. The molecule has 0 spiro atoms. The molecule has 0 radical (unpaired) electrons. The first-order valence-corrected chi connectivity index (χ1v) is 5.31. The number of benzene rings is 1. The van der Waals surface area contributed by atoms with Gasteiger partial charge in [-0.1, -0.05) is 6.07 Å². The third-order valence-electron chi connectivity index (χ3n) is 2.65. The number of carbonyl (C=O) groups excluding carboxylic acids is 1. The summed E-state index contributed by atoms with van der Waals surface area (Å²) in [6, 6.07) is 3.63. The fourth-order valence-corrected chi connectivity index (χ4v) is 1.70. The number of hydrogen-bond donors (Lipinski definition) is 4. The van der Waals surface area contributed by atoms with Gasteiger partial charge >= 0.3 is 0 Å². The number of phenolic OH excluding ortho intramolecular Hbond substituents is 2. The Balaban J connectivity index is 2.35. The molecule has 1 heterocycles. The van der Waals surface area contributed by atoms with Crippen LogP contribution in [-0.4, -0.2) is 34.2 Å². The van der Waals surface area contributed by atoms with Crippen LogP contribution in [0.3, 0.4) is 0 Å². The summed E-state index contributed by atoms with van der Waals surface area (Å²) in [6.07, 6.45) is -0.495.